The lowest BCUT2D eigenvalue weighted by Gasteiger charge is -1.93. The third kappa shape index (κ3) is 1.64. The lowest BCUT2D eigenvalue weighted by atomic mass is 10.7. The van der Waals surface area contributed by atoms with E-state index < -0.39 is 7.06 Å². The van der Waals surface area contributed by atoms with Crippen LogP contribution in [0.15, 0.2) is 16.9 Å². The van der Waals surface area contributed by atoms with E-state index in [4.69, 9.17) is 2.74 Å². The predicted molar refractivity (Wildman–Crippen MR) is 36.3 cm³/mol. The minimum Gasteiger partial charge on any atom is -0.467 e. The van der Waals surface area contributed by atoms with Gasteiger partial charge in [-0.3, -0.25) is 0 Å². The standard InChI is InChI=1S/C5H5BrN2O/c1-9-5-7-2-4(6)3-8-5/h2-3H,1H3/i1D2. The number of halogens is 1. The van der Waals surface area contributed by atoms with Crippen LogP contribution in [0.25, 0.3) is 0 Å². The first-order valence-corrected chi connectivity index (χ1v) is 2.96. The number of rotatable bonds is 1. The smallest absolute Gasteiger partial charge is 0.316 e. The Kier molecular flexibility index (Phi) is 1.30. The Labute approximate surface area is 64.0 Å². The van der Waals surface area contributed by atoms with Crippen molar-refractivity contribution in [2.24, 2.45) is 0 Å². The minimum absolute atomic E-state index is 0.0446. The highest BCUT2D eigenvalue weighted by Crippen LogP contribution is 2.06. The summed E-state index contributed by atoms with van der Waals surface area (Å²) in [6.45, 7) is 0. The predicted octanol–water partition coefficient (Wildman–Crippen LogP) is 1.25. The normalized spacial score (nSPS) is 12.7. The van der Waals surface area contributed by atoms with E-state index in [1.807, 2.05) is 0 Å². The van der Waals surface area contributed by atoms with Gasteiger partial charge in [0, 0.05) is 12.4 Å². The van der Waals surface area contributed by atoms with Crippen LogP contribution in [0.2, 0.25) is 0 Å². The highest BCUT2D eigenvalue weighted by molar-refractivity contribution is 9.10. The van der Waals surface area contributed by atoms with Gasteiger partial charge in [0.25, 0.3) is 0 Å². The van der Waals surface area contributed by atoms with Crippen LogP contribution in [0, 0.1) is 0 Å². The molecule has 0 aliphatic carbocycles. The maximum absolute atomic E-state index is 6.72. The van der Waals surface area contributed by atoms with Crippen molar-refractivity contribution in [1.82, 2.24) is 9.97 Å². The Hall–Kier alpha value is -0.640. The highest BCUT2D eigenvalue weighted by Gasteiger charge is 1.90. The Morgan fingerprint density at radius 3 is 2.89 bits per heavy atom. The highest BCUT2D eigenvalue weighted by atomic mass is 79.9. The third-order valence-corrected chi connectivity index (χ3v) is 1.11. The summed E-state index contributed by atoms with van der Waals surface area (Å²) in [5.41, 5.74) is 0. The first-order chi connectivity index (χ1) is 5.18. The molecular weight excluding hydrogens is 184 g/mol. The molecule has 0 atom stereocenters. The summed E-state index contributed by atoms with van der Waals surface area (Å²) in [5.74, 6) is 0. The van der Waals surface area contributed by atoms with Crippen molar-refractivity contribution in [3.05, 3.63) is 16.9 Å². The van der Waals surface area contributed by atoms with Gasteiger partial charge >= 0.3 is 6.01 Å². The SMILES string of the molecule is [2H]C([2H])Oc1ncc(Br)cn1. The summed E-state index contributed by atoms with van der Waals surface area (Å²) in [6, 6.07) is 0.0446. The molecule has 0 saturated carbocycles. The van der Waals surface area contributed by atoms with Crippen LogP contribution < -0.4 is 4.74 Å². The molecule has 4 heteroatoms. The van der Waals surface area contributed by atoms with Gasteiger partial charge in [-0.1, -0.05) is 0 Å². The van der Waals surface area contributed by atoms with Crippen LogP contribution in [0.5, 0.6) is 6.01 Å². The van der Waals surface area contributed by atoms with Gasteiger partial charge in [0.1, 0.15) is 0 Å². The summed E-state index contributed by atoms with van der Waals surface area (Å²) in [6.07, 6.45) is 2.98. The van der Waals surface area contributed by atoms with Gasteiger partial charge in [0.2, 0.25) is 0 Å². The maximum atomic E-state index is 6.72. The van der Waals surface area contributed by atoms with Crippen molar-refractivity contribution < 1.29 is 7.48 Å². The molecule has 0 N–H and O–H groups in total. The summed E-state index contributed by atoms with van der Waals surface area (Å²) >= 11 is 3.14. The minimum atomic E-state index is -1.38. The van der Waals surface area contributed by atoms with E-state index in [1.165, 1.54) is 12.4 Å². The van der Waals surface area contributed by atoms with Crippen LogP contribution in [0.1, 0.15) is 2.74 Å². The molecule has 0 aliphatic rings. The molecule has 1 rings (SSSR count). The van der Waals surface area contributed by atoms with E-state index in [-0.39, 0.29) is 6.01 Å². The number of ether oxygens (including phenoxy) is 1. The lowest BCUT2D eigenvalue weighted by molar-refractivity contribution is 0.379. The summed E-state index contributed by atoms with van der Waals surface area (Å²) in [4.78, 5) is 7.40. The zero-order chi connectivity index (χ0) is 8.27. The van der Waals surface area contributed by atoms with E-state index in [1.54, 1.807) is 0 Å². The Balaban J connectivity index is 2.66. The molecule has 0 spiro atoms. The van der Waals surface area contributed by atoms with Crippen LogP contribution in [-0.4, -0.2) is 17.0 Å². The largest absolute Gasteiger partial charge is 0.467 e. The number of hydrogen-bond donors (Lipinski definition) is 0. The molecule has 3 nitrogen and oxygen atoms in total. The molecule has 9 heavy (non-hydrogen) atoms. The van der Waals surface area contributed by atoms with Gasteiger partial charge in [-0.25, -0.2) is 9.97 Å². The van der Waals surface area contributed by atoms with E-state index >= 15 is 0 Å². The van der Waals surface area contributed by atoms with Gasteiger partial charge in [-0.05, 0) is 15.9 Å². The fourth-order valence-electron chi connectivity index (χ4n) is 0.361. The monoisotopic (exact) mass is 190 g/mol. The lowest BCUT2D eigenvalue weighted by Crippen LogP contribution is -1.89. The second-order valence-electron chi connectivity index (χ2n) is 1.30. The molecule has 1 aromatic rings. The van der Waals surface area contributed by atoms with Gasteiger partial charge in [0.15, 0.2) is 0 Å². The molecule has 48 valence electrons. The summed E-state index contributed by atoms with van der Waals surface area (Å²) in [5, 5.41) is 0. The first-order valence-electron chi connectivity index (χ1n) is 3.32. The second kappa shape index (κ2) is 2.77. The fourth-order valence-corrected chi connectivity index (χ4v) is 0.566. The third-order valence-electron chi connectivity index (χ3n) is 0.702. The molecule has 1 heterocycles. The number of hydrogen-bond acceptors (Lipinski definition) is 3. The molecular formula is C5H5BrN2O. The molecule has 0 fully saturated rings. The molecule has 1 aromatic heterocycles. The molecule has 0 aromatic carbocycles. The number of aromatic nitrogens is 2. The molecule has 0 aliphatic heterocycles. The van der Waals surface area contributed by atoms with Crippen molar-refractivity contribution in [1.29, 1.82) is 0 Å². The first kappa shape index (κ1) is 4.22. The van der Waals surface area contributed by atoms with Crippen molar-refractivity contribution in [3.63, 3.8) is 0 Å². The summed E-state index contributed by atoms with van der Waals surface area (Å²) < 4.78 is 18.7. The Morgan fingerprint density at radius 1 is 1.67 bits per heavy atom. The van der Waals surface area contributed by atoms with E-state index in [9.17, 15) is 0 Å². The van der Waals surface area contributed by atoms with E-state index in [2.05, 4.69) is 30.6 Å². The zero-order valence-corrected chi connectivity index (χ0v) is 6.00. The van der Waals surface area contributed by atoms with Gasteiger partial charge < -0.3 is 4.74 Å². The van der Waals surface area contributed by atoms with E-state index in [0.29, 0.717) is 0 Å². The fraction of sp³-hybridized carbons (Fsp3) is 0.200. The Bertz CT molecular complexity index is 228. The molecule has 0 amide bonds. The maximum Gasteiger partial charge on any atom is 0.316 e. The summed E-state index contributed by atoms with van der Waals surface area (Å²) in [7, 11) is -1.38. The Morgan fingerprint density at radius 2 is 2.33 bits per heavy atom. The van der Waals surface area contributed by atoms with E-state index in [0.717, 1.165) is 4.47 Å². The average molecular weight is 191 g/mol. The zero-order valence-electron chi connectivity index (χ0n) is 6.41. The van der Waals surface area contributed by atoms with Crippen LogP contribution in [0.3, 0.4) is 0 Å². The number of methoxy groups -OCH3 is 1. The molecule has 0 unspecified atom stereocenters. The van der Waals surface area contributed by atoms with Crippen LogP contribution >= 0.6 is 15.9 Å². The van der Waals surface area contributed by atoms with Crippen LogP contribution in [0.4, 0.5) is 0 Å². The van der Waals surface area contributed by atoms with Gasteiger partial charge in [-0.15, -0.1) is 0 Å². The average Bonchev–Trinajstić information content (AvgIpc) is 1.93. The van der Waals surface area contributed by atoms with Gasteiger partial charge in [0.05, 0.1) is 14.3 Å². The molecule has 0 bridgehead atoms. The van der Waals surface area contributed by atoms with Crippen molar-refractivity contribution in [2.75, 3.05) is 7.06 Å². The second-order valence-corrected chi connectivity index (χ2v) is 2.22. The molecule has 0 saturated heterocycles. The van der Waals surface area contributed by atoms with Crippen molar-refractivity contribution in [3.8, 4) is 6.01 Å². The van der Waals surface area contributed by atoms with Gasteiger partial charge in [-0.2, -0.15) is 0 Å². The van der Waals surface area contributed by atoms with Crippen LogP contribution in [-0.2, 0) is 0 Å². The number of nitrogens with zero attached hydrogens (tertiary/aromatic N) is 2. The van der Waals surface area contributed by atoms with Crippen molar-refractivity contribution in [2.45, 2.75) is 0 Å². The van der Waals surface area contributed by atoms with Crippen molar-refractivity contribution >= 4 is 15.9 Å². The quantitative estimate of drug-likeness (QED) is 0.669. The topological polar surface area (TPSA) is 35.0 Å². The molecule has 0 radical (unpaired) electrons.